The van der Waals surface area contributed by atoms with Crippen LogP contribution in [-0.4, -0.2) is 0 Å². The fourth-order valence-corrected chi connectivity index (χ4v) is 0. The second-order valence-corrected chi connectivity index (χ2v) is 4.36. The molecule has 0 spiro atoms. The summed E-state index contributed by atoms with van der Waals surface area (Å²) in [7, 11) is 0. The van der Waals surface area contributed by atoms with E-state index in [1.807, 2.05) is 0 Å². The van der Waals surface area contributed by atoms with Crippen LogP contribution in [0.5, 0.6) is 0 Å². The molecule has 0 amide bonds. The van der Waals surface area contributed by atoms with E-state index in [2.05, 4.69) is 54.5 Å². The first-order valence-corrected chi connectivity index (χ1v) is 3.67. The van der Waals surface area contributed by atoms with Crippen molar-refractivity contribution in [1.29, 1.82) is 0 Å². The first-order chi connectivity index (χ1) is 2.27. The Morgan fingerprint density at radius 3 is 2.00 bits per heavy atom. The maximum Gasteiger partial charge on any atom is 0.0628 e. The van der Waals surface area contributed by atoms with Crippen molar-refractivity contribution in [3.8, 4) is 0 Å². The van der Waals surface area contributed by atoms with Crippen LogP contribution in [0.4, 0.5) is 0 Å². The molecular formula is C2HBr2I. The number of rotatable bonds is 0. The third-order valence-corrected chi connectivity index (χ3v) is 2.55. The van der Waals surface area contributed by atoms with E-state index in [4.69, 9.17) is 0 Å². The molecule has 3 heteroatoms. The summed E-state index contributed by atoms with van der Waals surface area (Å²) in [5, 5.41) is 0. The lowest BCUT2D eigenvalue weighted by Crippen LogP contribution is -1.29. The zero-order valence-corrected chi connectivity index (χ0v) is 7.54. The van der Waals surface area contributed by atoms with Crippen LogP contribution < -0.4 is 0 Å². The fourth-order valence-electron chi connectivity index (χ4n) is 0. The van der Waals surface area contributed by atoms with Crippen molar-refractivity contribution in [3.63, 3.8) is 0 Å². The van der Waals surface area contributed by atoms with Gasteiger partial charge in [0.2, 0.25) is 0 Å². The molecule has 0 aliphatic carbocycles. The van der Waals surface area contributed by atoms with Crippen LogP contribution in [0.1, 0.15) is 0 Å². The van der Waals surface area contributed by atoms with Gasteiger partial charge in [0.05, 0.1) is 2.49 Å². The second-order valence-electron chi connectivity index (χ2n) is 0.399. The van der Waals surface area contributed by atoms with Gasteiger partial charge in [-0.15, -0.1) is 0 Å². The van der Waals surface area contributed by atoms with Crippen LogP contribution in [0.3, 0.4) is 0 Å². The molecule has 0 radical (unpaired) electrons. The molecule has 0 N–H and O–H groups in total. The molecule has 0 aromatic carbocycles. The number of hydrogen-bond donors (Lipinski definition) is 0. The fraction of sp³-hybridized carbons (Fsp3) is 0. The van der Waals surface area contributed by atoms with Crippen LogP contribution in [0.2, 0.25) is 0 Å². The molecule has 0 fully saturated rings. The molecule has 0 saturated carbocycles. The quantitative estimate of drug-likeness (QED) is 0.603. The molecular weight excluding hydrogens is 311 g/mol. The molecule has 0 aliphatic rings. The van der Waals surface area contributed by atoms with Gasteiger partial charge in [0.25, 0.3) is 0 Å². The van der Waals surface area contributed by atoms with Gasteiger partial charge in [0, 0.05) is 4.99 Å². The minimum atomic E-state index is 1.08. The third kappa shape index (κ3) is 5.43. The predicted molar refractivity (Wildman–Crippen MR) is 40.0 cm³/mol. The molecule has 0 atom stereocenters. The topological polar surface area (TPSA) is 0 Å². The van der Waals surface area contributed by atoms with E-state index in [0.717, 1.165) is 2.49 Å². The van der Waals surface area contributed by atoms with Crippen LogP contribution in [0.25, 0.3) is 0 Å². The van der Waals surface area contributed by atoms with Gasteiger partial charge >= 0.3 is 0 Å². The van der Waals surface area contributed by atoms with Crippen molar-refractivity contribution in [2.24, 2.45) is 0 Å². The van der Waals surface area contributed by atoms with Crippen molar-refractivity contribution in [3.05, 3.63) is 7.47 Å². The molecule has 0 unspecified atom stereocenters. The highest BCUT2D eigenvalue weighted by Crippen LogP contribution is 2.14. The summed E-state index contributed by atoms with van der Waals surface area (Å²) in [6.45, 7) is 0. The Balaban J connectivity index is 3.14. The van der Waals surface area contributed by atoms with Crippen molar-refractivity contribution in [2.75, 3.05) is 0 Å². The highest BCUT2D eigenvalue weighted by Gasteiger charge is 1.68. The lowest BCUT2D eigenvalue weighted by atomic mass is 11.3. The Labute approximate surface area is 61.4 Å². The van der Waals surface area contributed by atoms with E-state index in [1.165, 1.54) is 0 Å². The van der Waals surface area contributed by atoms with Crippen LogP contribution in [0, 0.1) is 0 Å². The molecule has 0 rings (SSSR count). The van der Waals surface area contributed by atoms with Gasteiger partial charge in [0.15, 0.2) is 0 Å². The van der Waals surface area contributed by atoms with Gasteiger partial charge in [-0.25, -0.2) is 0 Å². The van der Waals surface area contributed by atoms with Gasteiger partial charge < -0.3 is 0 Å². The lowest BCUT2D eigenvalue weighted by Gasteiger charge is -1.66. The van der Waals surface area contributed by atoms with Crippen LogP contribution in [-0.2, 0) is 0 Å². The molecule has 0 nitrogen and oxygen atoms in total. The first kappa shape index (κ1) is 6.43. The highest BCUT2D eigenvalue weighted by molar-refractivity contribution is 14.1. The molecule has 5 heavy (non-hydrogen) atoms. The normalized spacial score (nSPS) is 12.2. The Kier molecular flexibility index (Phi) is 4.65. The number of halogens is 3. The summed E-state index contributed by atoms with van der Waals surface area (Å²) < 4.78 is 1.08. The molecule has 0 heterocycles. The largest absolute Gasteiger partial charge is 0.0628 e. The third-order valence-electron chi connectivity index (χ3n) is 0.0825. The average molecular weight is 312 g/mol. The summed E-state index contributed by atoms with van der Waals surface area (Å²) in [5.41, 5.74) is 0. The summed E-state index contributed by atoms with van der Waals surface area (Å²) in [4.78, 5) is 1.80. The minimum absolute atomic E-state index is 1.08. The summed E-state index contributed by atoms with van der Waals surface area (Å²) in [6.07, 6.45) is 0. The Morgan fingerprint density at radius 2 is 2.00 bits per heavy atom. The molecule has 0 aromatic heterocycles. The predicted octanol–water partition coefficient (Wildman–Crippen LogP) is 3.01. The van der Waals surface area contributed by atoms with Crippen LogP contribution >= 0.6 is 54.5 Å². The molecule has 0 bridgehead atoms. The Bertz CT molecular complexity index is 45.6. The SMILES string of the molecule is BrC=C(Br)I. The van der Waals surface area contributed by atoms with Crippen molar-refractivity contribution in [2.45, 2.75) is 0 Å². The standard InChI is InChI=1S/C2HBr2I/c3-1-2(4)5/h1H. The Hall–Kier alpha value is 1.43. The van der Waals surface area contributed by atoms with Gasteiger partial charge in [-0.2, -0.15) is 0 Å². The van der Waals surface area contributed by atoms with Gasteiger partial charge in [-0.1, -0.05) is 15.9 Å². The monoisotopic (exact) mass is 310 g/mol. The van der Waals surface area contributed by atoms with Crippen LogP contribution in [0.15, 0.2) is 7.47 Å². The van der Waals surface area contributed by atoms with Crippen molar-refractivity contribution < 1.29 is 0 Å². The van der Waals surface area contributed by atoms with E-state index in [-0.39, 0.29) is 0 Å². The number of hydrogen-bond acceptors (Lipinski definition) is 0. The van der Waals surface area contributed by atoms with Crippen molar-refractivity contribution in [1.82, 2.24) is 0 Å². The van der Waals surface area contributed by atoms with E-state index >= 15 is 0 Å². The van der Waals surface area contributed by atoms with Crippen molar-refractivity contribution >= 4 is 54.5 Å². The summed E-state index contributed by atoms with van der Waals surface area (Å²) in [6, 6.07) is 0. The zero-order valence-electron chi connectivity index (χ0n) is 2.21. The first-order valence-electron chi connectivity index (χ1n) is 0.885. The van der Waals surface area contributed by atoms with Gasteiger partial charge in [-0.3, -0.25) is 0 Å². The summed E-state index contributed by atoms with van der Waals surface area (Å²) in [5.74, 6) is 0. The molecule has 0 aromatic rings. The van der Waals surface area contributed by atoms with E-state index < -0.39 is 0 Å². The van der Waals surface area contributed by atoms with E-state index in [0.29, 0.717) is 0 Å². The smallest absolute Gasteiger partial charge is 0.0578 e. The molecule has 0 saturated heterocycles. The average Bonchev–Trinajstić information content (AvgIpc) is 1.38. The second kappa shape index (κ2) is 3.61. The van der Waals surface area contributed by atoms with E-state index in [9.17, 15) is 0 Å². The van der Waals surface area contributed by atoms with Gasteiger partial charge in [0.1, 0.15) is 0 Å². The zero-order chi connectivity index (χ0) is 4.28. The Morgan fingerprint density at radius 1 is 1.80 bits per heavy atom. The lowest BCUT2D eigenvalue weighted by molar-refractivity contribution is 2.60. The summed E-state index contributed by atoms with van der Waals surface area (Å²) >= 11 is 8.41. The minimum Gasteiger partial charge on any atom is -0.0578 e. The highest BCUT2D eigenvalue weighted by atomic mass is 127. The van der Waals surface area contributed by atoms with E-state index in [1.54, 1.807) is 4.99 Å². The molecule has 0 aliphatic heterocycles. The molecule has 30 valence electrons. The van der Waals surface area contributed by atoms with Gasteiger partial charge in [-0.05, 0) is 38.5 Å². The maximum atomic E-state index is 3.17. The maximum absolute atomic E-state index is 3.17.